The molecule has 0 radical (unpaired) electrons. The van der Waals surface area contributed by atoms with E-state index in [1.54, 1.807) is 11.6 Å². The molecule has 1 heterocycles. The first-order chi connectivity index (χ1) is 8.65. The Morgan fingerprint density at radius 2 is 2.33 bits per heavy atom. The predicted molar refractivity (Wildman–Crippen MR) is 69.1 cm³/mol. The number of carbonyl (C=O) groups excluding carboxylic acids is 1. The zero-order valence-electron chi connectivity index (χ0n) is 10.3. The van der Waals surface area contributed by atoms with Gasteiger partial charge in [-0.2, -0.15) is 0 Å². The third-order valence-electron chi connectivity index (χ3n) is 2.82. The molecule has 1 aromatic heterocycles. The maximum atomic E-state index is 10.9. The molecule has 2 N–H and O–H groups in total. The van der Waals surface area contributed by atoms with Crippen molar-refractivity contribution < 1.29 is 10.0 Å². The normalized spacial score (nSPS) is 11.3. The molecule has 0 unspecified atom stereocenters. The number of benzene rings is 1. The molecule has 0 saturated carbocycles. The molecule has 0 aliphatic heterocycles. The summed E-state index contributed by atoms with van der Waals surface area (Å²) in [5.74, 6) is 0.423. The summed E-state index contributed by atoms with van der Waals surface area (Å²) in [6.45, 7) is 4.93. The zero-order valence-corrected chi connectivity index (χ0v) is 10.3. The van der Waals surface area contributed by atoms with E-state index in [1.165, 1.54) is 6.08 Å². The van der Waals surface area contributed by atoms with Crippen LogP contribution in [-0.4, -0.2) is 20.7 Å². The van der Waals surface area contributed by atoms with Gasteiger partial charge in [-0.25, -0.2) is 10.5 Å². The molecule has 0 fully saturated rings. The number of imidazole rings is 1. The van der Waals surface area contributed by atoms with Crippen molar-refractivity contribution in [2.45, 2.75) is 20.4 Å². The van der Waals surface area contributed by atoms with E-state index in [4.69, 9.17) is 5.21 Å². The van der Waals surface area contributed by atoms with Crippen LogP contribution in [0.2, 0.25) is 0 Å². The number of rotatable bonds is 3. The van der Waals surface area contributed by atoms with Gasteiger partial charge in [0.25, 0.3) is 5.91 Å². The molecule has 1 amide bonds. The molecule has 0 spiro atoms. The van der Waals surface area contributed by atoms with Gasteiger partial charge in [0.1, 0.15) is 5.82 Å². The number of aryl methyl sites for hydroxylation is 2. The van der Waals surface area contributed by atoms with Crippen molar-refractivity contribution in [3.63, 3.8) is 0 Å². The fourth-order valence-electron chi connectivity index (χ4n) is 1.98. The monoisotopic (exact) mass is 245 g/mol. The molecule has 0 saturated heterocycles. The lowest BCUT2D eigenvalue weighted by molar-refractivity contribution is -0.124. The molecule has 18 heavy (non-hydrogen) atoms. The molecular weight excluding hydrogens is 230 g/mol. The fourth-order valence-corrected chi connectivity index (χ4v) is 1.98. The van der Waals surface area contributed by atoms with Crippen LogP contribution in [0.15, 0.2) is 24.3 Å². The second kappa shape index (κ2) is 5.01. The first kappa shape index (κ1) is 12.3. The summed E-state index contributed by atoms with van der Waals surface area (Å²) in [5, 5.41) is 8.39. The molecule has 0 aliphatic rings. The van der Waals surface area contributed by atoms with E-state index < -0.39 is 5.91 Å². The van der Waals surface area contributed by atoms with E-state index >= 15 is 0 Å². The largest absolute Gasteiger partial charge is 0.329 e. The average Bonchev–Trinajstić information content (AvgIpc) is 2.70. The quantitative estimate of drug-likeness (QED) is 0.493. The van der Waals surface area contributed by atoms with Gasteiger partial charge in [-0.15, -0.1) is 0 Å². The van der Waals surface area contributed by atoms with Crippen LogP contribution in [0.25, 0.3) is 17.1 Å². The predicted octanol–water partition coefficient (Wildman–Crippen LogP) is 1.88. The van der Waals surface area contributed by atoms with Gasteiger partial charge in [0.05, 0.1) is 11.0 Å². The first-order valence-corrected chi connectivity index (χ1v) is 5.74. The summed E-state index contributed by atoms with van der Waals surface area (Å²) < 4.78 is 2.13. The summed E-state index contributed by atoms with van der Waals surface area (Å²) in [6.07, 6.45) is 2.90. The Labute approximate surface area is 105 Å². The van der Waals surface area contributed by atoms with E-state index in [9.17, 15) is 4.79 Å². The van der Waals surface area contributed by atoms with Crippen LogP contribution < -0.4 is 5.48 Å². The average molecular weight is 245 g/mol. The number of nitrogens with zero attached hydrogens (tertiary/aromatic N) is 2. The van der Waals surface area contributed by atoms with Gasteiger partial charge in [-0.05, 0) is 37.6 Å². The number of hydrogen-bond acceptors (Lipinski definition) is 3. The van der Waals surface area contributed by atoms with Crippen LogP contribution in [0.5, 0.6) is 0 Å². The van der Waals surface area contributed by atoms with Crippen molar-refractivity contribution in [1.82, 2.24) is 15.0 Å². The van der Waals surface area contributed by atoms with Crippen LogP contribution in [0.4, 0.5) is 0 Å². The molecule has 2 aromatic rings. The SMILES string of the molecule is CCn1c(C)nc2cc(C=CC(=O)NO)ccc21. The smallest absolute Gasteiger partial charge is 0.267 e. The third-order valence-corrected chi connectivity index (χ3v) is 2.82. The highest BCUT2D eigenvalue weighted by Gasteiger charge is 2.05. The molecule has 5 nitrogen and oxygen atoms in total. The number of hydroxylamine groups is 1. The van der Waals surface area contributed by atoms with Gasteiger partial charge >= 0.3 is 0 Å². The van der Waals surface area contributed by atoms with Gasteiger partial charge in [0.2, 0.25) is 0 Å². The standard InChI is InChI=1S/C13H15N3O2/c1-3-16-9(2)14-11-8-10(4-6-12(11)16)5-7-13(17)15-18/h4-8,18H,3H2,1-2H3,(H,15,17). The highest BCUT2D eigenvalue weighted by Crippen LogP contribution is 2.18. The highest BCUT2D eigenvalue weighted by molar-refractivity contribution is 5.91. The Balaban J connectivity index is 2.39. The van der Waals surface area contributed by atoms with Crippen LogP contribution in [0, 0.1) is 6.92 Å². The van der Waals surface area contributed by atoms with E-state index in [0.717, 1.165) is 29.0 Å². The van der Waals surface area contributed by atoms with Crippen molar-refractivity contribution >= 4 is 23.0 Å². The second-order valence-corrected chi connectivity index (χ2v) is 3.96. The van der Waals surface area contributed by atoms with Crippen LogP contribution in [0.3, 0.4) is 0 Å². The number of hydrogen-bond donors (Lipinski definition) is 2. The van der Waals surface area contributed by atoms with Gasteiger partial charge in [0.15, 0.2) is 0 Å². The fraction of sp³-hybridized carbons (Fsp3) is 0.231. The van der Waals surface area contributed by atoms with Crippen molar-refractivity contribution in [1.29, 1.82) is 0 Å². The molecule has 0 atom stereocenters. The van der Waals surface area contributed by atoms with E-state index in [2.05, 4.69) is 16.5 Å². The Morgan fingerprint density at radius 3 is 3.00 bits per heavy atom. The molecule has 2 rings (SSSR count). The van der Waals surface area contributed by atoms with Crippen molar-refractivity contribution in [2.75, 3.05) is 0 Å². The number of aromatic nitrogens is 2. The number of nitrogens with one attached hydrogen (secondary N) is 1. The maximum absolute atomic E-state index is 10.9. The third kappa shape index (κ3) is 2.26. The minimum absolute atomic E-state index is 0.551. The van der Waals surface area contributed by atoms with Crippen molar-refractivity contribution in [3.05, 3.63) is 35.7 Å². The number of carbonyl (C=O) groups is 1. The van der Waals surface area contributed by atoms with Crippen LogP contribution >= 0.6 is 0 Å². The lowest BCUT2D eigenvalue weighted by Gasteiger charge is -2.01. The Kier molecular flexibility index (Phi) is 3.43. The highest BCUT2D eigenvalue weighted by atomic mass is 16.5. The minimum Gasteiger partial charge on any atom is -0.329 e. The minimum atomic E-state index is -0.551. The lowest BCUT2D eigenvalue weighted by Crippen LogP contribution is -2.14. The van der Waals surface area contributed by atoms with Gasteiger partial charge in [-0.1, -0.05) is 6.07 Å². The molecule has 5 heteroatoms. The number of amides is 1. The number of fused-ring (bicyclic) bond motifs is 1. The summed E-state index contributed by atoms with van der Waals surface area (Å²) in [4.78, 5) is 15.4. The topological polar surface area (TPSA) is 67.2 Å². The Bertz CT molecular complexity index is 614. The molecule has 0 aliphatic carbocycles. The van der Waals surface area contributed by atoms with Gasteiger partial charge < -0.3 is 4.57 Å². The second-order valence-electron chi connectivity index (χ2n) is 3.96. The Morgan fingerprint density at radius 1 is 1.56 bits per heavy atom. The molecular formula is C13H15N3O2. The van der Waals surface area contributed by atoms with E-state index in [-0.39, 0.29) is 0 Å². The van der Waals surface area contributed by atoms with Crippen molar-refractivity contribution in [2.24, 2.45) is 0 Å². The lowest BCUT2D eigenvalue weighted by atomic mass is 10.2. The van der Waals surface area contributed by atoms with E-state index in [0.29, 0.717) is 0 Å². The summed E-state index contributed by atoms with van der Waals surface area (Å²) in [5.41, 5.74) is 4.40. The van der Waals surface area contributed by atoms with Crippen LogP contribution in [0.1, 0.15) is 18.3 Å². The Hall–Kier alpha value is -2.14. The summed E-state index contributed by atoms with van der Waals surface area (Å²) >= 11 is 0. The van der Waals surface area contributed by atoms with Crippen LogP contribution in [-0.2, 0) is 11.3 Å². The van der Waals surface area contributed by atoms with Gasteiger partial charge in [0, 0.05) is 12.6 Å². The maximum Gasteiger partial charge on any atom is 0.267 e. The van der Waals surface area contributed by atoms with Gasteiger partial charge in [-0.3, -0.25) is 10.0 Å². The first-order valence-electron chi connectivity index (χ1n) is 5.74. The van der Waals surface area contributed by atoms with E-state index in [1.807, 2.05) is 25.1 Å². The molecule has 94 valence electrons. The summed E-state index contributed by atoms with van der Waals surface area (Å²) in [6, 6.07) is 5.81. The van der Waals surface area contributed by atoms with Crippen molar-refractivity contribution in [3.8, 4) is 0 Å². The molecule has 1 aromatic carbocycles. The zero-order chi connectivity index (χ0) is 13.1. The molecule has 0 bridgehead atoms. The summed E-state index contributed by atoms with van der Waals surface area (Å²) in [7, 11) is 0.